The number of hydrogen-bond donors (Lipinski definition) is 0. The molecule has 0 aromatic heterocycles. The lowest BCUT2D eigenvalue weighted by atomic mass is 10.1. The van der Waals surface area contributed by atoms with Crippen molar-refractivity contribution >= 4 is 6.08 Å². The van der Waals surface area contributed by atoms with Gasteiger partial charge in [0, 0.05) is 5.56 Å². The Morgan fingerprint density at radius 1 is 1.27 bits per heavy atom. The summed E-state index contributed by atoms with van der Waals surface area (Å²) in [6.45, 7) is 0. The topological polar surface area (TPSA) is 29.4 Å². The van der Waals surface area contributed by atoms with Crippen LogP contribution < -0.4 is 0 Å². The Labute approximate surface area is 82.2 Å². The Kier molecular flexibility index (Phi) is 3.21. The second-order valence-electron chi connectivity index (χ2n) is 2.64. The third kappa shape index (κ3) is 2.63. The summed E-state index contributed by atoms with van der Waals surface area (Å²) in [5.41, 5.74) is -1.83. The number of hydrogen-bond acceptors (Lipinski definition) is 2. The van der Waals surface area contributed by atoms with E-state index in [9.17, 15) is 22.4 Å². The van der Waals surface area contributed by atoms with Gasteiger partial charge in [0.25, 0.3) is 0 Å². The Morgan fingerprint density at radius 2 is 1.87 bits per heavy atom. The van der Waals surface area contributed by atoms with Gasteiger partial charge in [-0.2, -0.15) is 18.2 Å². The lowest BCUT2D eigenvalue weighted by Crippen LogP contribution is -2.09. The van der Waals surface area contributed by atoms with Crippen LogP contribution >= 0.6 is 0 Å². The zero-order chi connectivity index (χ0) is 11.5. The van der Waals surface area contributed by atoms with Gasteiger partial charge in [-0.25, -0.2) is 9.18 Å². The summed E-state index contributed by atoms with van der Waals surface area (Å²) in [5, 5.41) is 0. The lowest BCUT2D eigenvalue weighted by molar-refractivity contribution is -0.138. The fraction of sp³-hybridized carbons (Fsp3) is 0.222. The average molecular weight is 219 g/mol. The maximum absolute atomic E-state index is 13.0. The Morgan fingerprint density at radius 3 is 2.40 bits per heavy atom. The molecule has 15 heavy (non-hydrogen) atoms. The molecule has 0 aliphatic carbocycles. The minimum atomic E-state index is -4.67. The third-order valence-corrected chi connectivity index (χ3v) is 1.69. The van der Waals surface area contributed by atoms with Crippen LogP contribution in [0.4, 0.5) is 17.6 Å². The van der Waals surface area contributed by atoms with Gasteiger partial charge in [0.1, 0.15) is 0 Å². The van der Waals surface area contributed by atoms with Crippen LogP contribution in [0, 0.1) is 0 Å². The largest absolute Gasteiger partial charge is 0.416 e. The number of nitrogens with zero attached hydrogens (tertiary/aromatic N) is 1. The predicted molar refractivity (Wildman–Crippen MR) is 43.4 cm³/mol. The maximum atomic E-state index is 13.0. The van der Waals surface area contributed by atoms with E-state index in [1.807, 2.05) is 0 Å². The van der Waals surface area contributed by atoms with E-state index in [-0.39, 0.29) is 0 Å². The van der Waals surface area contributed by atoms with E-state index in [2.05, 4.69) is 4.99 Å². The molecule has 1 rings (SSSR count). The van der Waals surface area contributed by atoms with Gasteiger partial charge < -0.3 is 0 Å². The van der Waals surface area contributed by atoms with Gasteiger partial charge in [0.15, 0.2) is 0 Å². The van der Waals surface area contributed by atoms with Gasteiger partial charge >= 0.3 is 6.18 Å². The van der Waals surface area contributed by atoms with Gasteiger partial charge in [0.05, 0.1) is 5.56 Å². The highest BCUT2D eigenvalue weighted by Gasteiger charge is 2.34. The van der Waals surface area contributed by atoms with E-state index in [0.717, 1.165) is 24.3 Å². The van der Waals surface area contributed by atoms with Crippen LogP contribution in [0.2, 0.25) is 0 Å². The molecular weight excluding hydrogens is 214 g/mol. The maximum Gasteiger partial charge on any atom is 0.416 e. The van der Waals surface area contributed by atoms with Crippen molar-refractivity contribution in [3.05, 3.63) is 35.4 Å². The van der Waals surface area contributed by atoms with Crippen molar-refractivity contribution in [1.82, 2.24) is 0 Å². The zero-order valence-corrected chi connectivity index (χ0v) is 7.25. The van der Waals surface area contributed by atoms with Gasteiger partial charge in [0.2, 0.25) is 12.4 Å². The SMILES string of the molecule is O=C=NC(F)c1ccccc1C(F)(F)F. The molecule has 1 unspecified atom stereocenters. The number of aliphatic imine (C=N–C) groups is 1. The molecule has 0 aliphatic rings. The van der Waals surface area contributed by atoms with Gasteiger partial charge in [-0.05, 0) is 6.07 Å². The quantitative estimate of drug-likeness (QED) is 0.325. The first-order valence-corrected chi connectivity index (χ1v) is 3.84. The van der Waals surface area contributed by atoms with Crippen molar-refractivity contribution in [2.45, 2.75) is 12.5 Å². The van der Waals surface area contributed by atoms with Crippen LogP contribution in [-0.4, -0.2) is 6.08 Å². The third-order valence-electron chi connectivity index (χ3n) is 1.69. The first-order chi connectivity index (χ1) is 6.96. The minimum absolute atomic E-state index is 0.687. The Balaban J connectivity index is 3.23. The fourth-order valence-corrected chi connectivity index (χ4v) is 1.08. The van der Waals surface area contributed by atoms with E-state index < -0.39 is 23.6 Å². The predicted octanol–water partition coefficient (Wildman–Crippen LogP) is 3.01. The smallest absolute Gasteiger partial charge is 0.215 e. The molecule has 0 N–H and O–H groups in total. The van der Waals surface area contributed by atoms with Gasteiger partial charge in [-0.1, -0.05) is 18.2 Å². The summed E-state index contributed by atoms with van der Waals surface area (Å²) in [6.07, 6.45) is -6.12. The number of alkyl halides is 4. The van der Waals surface area contributed by atoms with Crippen molar-refractivity contribution in [3.8, 4) is 0 Å². The van der Waals surface area contributed by atoms with Crippen LogP contribution in [0.5, 0.6) is 0 Å². The van der Waals surface area contributed by atoms with Crippen molar-refractivity contribution in [2.24, 2.45) is 4.99 Å². The normalized spacial score (nSPS) is 13.1. The molecule has 1 aromatic carbocycles. The molecule has 0 radical (unpaired) electrons. The lowest BCUT2D eigenvalue weighted by Gasteiger charge is -2.12. The van der Waals surface area contributed by atoms with Crippen molar-refractivity contribution < 1.29 is 22.4 Å². The highest BCUT2D eigenvalue weighted by molar-refractivity contribution is 5.37. The molecule has 1 aromatic rings. The first-order valence-electron chi connectivity index (χ1n) is 3.84. The molecule has 6 heteroatoms. The molecule has 0 aliphatic heterocycles. The van der Waals surface area contributed by atoms with Crippen molar-refractivity contribution in [1.29, 1.82) is 0 Å². The van der Waals surface area contributed by atoms with Crippen molar-refractivity contribution in [2.75, 3.05) is 0 Å². The van der Waals surface area contributed by atoms with E-state index in [4.69, 9.17) is 0 Å². The number of carbonyl (C=O) groups excluding carboxylic acids is 1. The van der Waals surface area contributed by atoms with Crippen LogP contribution in [0.15, 0.2) is 29.3 Å². The van der Waals surface area contributed by atoms with Gasteiger partial charge in [-0.3, -0.25) is 0 Å². The monoisotopic (exact) mass is 219 g/mol. The van der Waals surface area contributed by atoms with Gasteiger partial charge in [-0.15, -0.1) is 0 Å². The molecule has 0 spiro atoms. The van der Waals surface area contributed by atoms with E-state index in [0.29, 0.717) is 0 Å². The molecule has 2 nitrogen and oxygen atoms in total. The van der Waals surface area contributed by atoms with Crippen LogP contribution in [-0.2, 0) is 11.0 Å². The highest BCUT2D eigenvalue weighted by Crippen LogP contribution is 2.35. The first kappa shape index (κ1) is 11.4. The molecule has 1 atom stereocenters. The average Bonchev–Trinajstić information content (AvgIpc) is 2.17. The number of isocyanates is 1. The Bertz CT molecular complexity index is 395. The molecular formula is C9H5F4NO. The molecule has 0 amide bonds. The number of benzene rings is 1. The fourth-order valence-electron chi connectivity index (χ4n) is 1.08. The number of halogens is 4. The summed E-state index contributed by atoms with van der Waals surface area (Å²) < 4.78 is 50.0. The molecule has 80 valence electrons. The second kappa shape index (κ2) is 4.23. The molecule has 0 fully saturated rings. The number of rotatable bonds is 2. The molecule has 0 bridgehead atoms. The standard InChI is InChI=1S/C9H5F4NO/c10-8(14-5-15)6-3-1-2-4-7(6)9(11,12)13/h1-4,8H. The minimum Gasteiger partial charge on any atom is -0.215 e. The second-order valence-corrected chi connectivity index (χ2v) is 2.64. The van der Waals surface area contributed by atoms with Crippen LogP contribution in [0.25, 0.3) is 0 Å². The summed E-state index contributed by atoms with van der Waals surface area (Å²) in [4.78, 5) is 12.3. The zero-order valence-electron chi connectivity index (χ0n) is 7.25. The van der Waals surface area contributed by atoms with Crippen LogP contribution in [0.1, 0.15) is 17.4 Å². The summed E-state index contributed by atoms with van der Waals surface area (Å²) >= 11 is 0. The summed E-state index contributed by atoms with van der Waals surface area (Å²) in [6, 6.07) is 4.01. The van der Waals surface area contributed by atoms with Crippen LogP contribution in [0.3, 0.4) is 0 Å². The van der Waals surface area contributed by atoms with Crippen molar-refractivity contribution in [3.63, 3.8) is 0 Å². The Hall–Kier alpha value is -1.68. The van der Waals surface area contributed by atoms with E-state index >= 15 is 0 Å². The summed E-state index contributed by atoms with van der Waals surface area (Å²) in [7, 11) is 0. The molecule has 0 heterocycles. The van der Waals surface area contributed by atoms with E-state index in [1.54, 1.807) is 0 Å². The molecule has 0 saturated heterocycles. The van der Waals surface area contributed by atoms with E-state index in [1.165, 1.54) is 6.07 Å². The highest BCUT2D eigenvalue weighted by atomic mass is 19.4. The summed E-state index contributed by atoms with van der Waals surface area (Å²) in [5.74, 6) is 0. The molecule has 0 saturated carbocycles.